The maximum Gasteiger partial charge on any atom is 0.328 e. The molecule has 0 fully saturated rings. The van der Waals surface area contributed by atoms with E-state index in [-0.39, 0.29) is 0 Å². The molecule has 1 N–H and O–H groups in total. The van der Waals surface area contributed by atoms with Crippen LogP contribution in [0.5, 0.6) is 0 Å². The zero-order valence-corrected chi connectivity index (χ0v) is 11.7. The third-order valence-electron chi connectivity index (χ3n) is 2.88. The van der Waals surface area contributed by atoms with E-state index in [2.05, 4.69) is 29.8 Å². The van der Waals surface area contributed by atoms with Crippen LogP contribution in [0.1, 0.15) is 32.3 Å². The van der Waals surface area contributed by atoms with Crippen LogP contribution in [0.3, 0.4) is 0 Å². The van der Waals surface area contributed by atoms with Crippen molar-refractivity contribution in [1.82, 2.24) is 0 Å². The highest BCUT2D eigenvalue weighted by Gasteiger charge is 2.13. The van der Waals surface area contributed by atoms with Crippen molar-refractivity contribution < 1.29 is 9.90 Å². The summed E-state index contributed by atoms with van der Waals surface area (Å²) in [7, 11) is 0. The van der Waals surface area contributed by atoms with Gasteiger partial charge in [-0.2, -0.15) is 0 Å². The molecular weight excluding hydrogens is 280 g/mol. The highest BCUT2D eigenvalue weighted by atomic mass is 79.9. The normalized spacial score (nSPS) is 11.9. The molecule has 0 aromatic heterocycles. The van der Waals surface area contributed by atoms with E-state index >= 15 is 0 Å². The monoisotopic (exact) mass is 296 g/mol. The average molecular weight is 297 g/mol. The van der Waals surface area contributed by atoms with Gasteiger partial charge in [-0.25, -0.2) is 4.79 Å². The molecule has 0 aliphatic heterocycles. The zero-order valence-electron chi connectivity index (χ0n) is 10.1. The molecule has 2 nitrogen and oxygen atoms in total. The first kappa shape index (κ1) is 14.0. The number of carboxylic acids is 1. The van der Waals surface area contributed by atoms with Gasteiger partial charge in [-0.3, -0.25) is 0 Å². The van der Waals surface area contributed by atoms with Gasteiger partial charge in [0.1, 0.15) is 0 Å². The van der Waals surface area contributed by atoms with Gasteiger partial charge in [0.25, 0.3) is 0 Å². The third kappa shape index (κ3) is 4.00. The molecule has 92 valence electrons. The van der Waals surface area contributed by atoms with Gasteiger partial charge in [0.05, 0.1) is 0 Å². The van der Waals surface area contributed by atoms with Crippen LogP contribution in [0, 0.1) is 5.92 Å². The maximum absolute atomic E-state index is 10.9. The van der Waals surface area contributed by atoms with Crippen LogP contribution in [-0.4, -0.2) is 11.1 Å². The SMILES string of the molecule is CCC(CC)/C(=C\C(=O)O)c1ccc(Br)cc1. The highest BCUT2D eigenvalue weighted by molar-refractivity contribution is 9.10. The average Bonchev–Trinajstić information content (AvgIpc) is 2.30. The van der Waals surface area contributed by atoms with Crippen LogP contribution < -0.4 is 0 Å². The third-order valence-corrected chi connectivity index (χ3v) is 3.41. The molecule has 0 bridgehead atoms. The second-order valence-corrected chi connectivity index (χ2v) is 4.87. The number of allylic oxidation sites excluding steroid dienone is 1. The molecule has 0 amide bonds. The van der Waals surface area contributed by atoms with Crippen molar-refractivity contribution in [2.45, 2.75) is 26.7 Å². The van der Waals surface area contributed by atoms with E-state index in [0.717, 1.165) is 28.5 Å². The van der Waals surface area contributed by atoms with E-state index in [9.17, 15) is 4.79 Å². The molecule has 1 rings (SSSR count). The molecule has 0 saturated heterocycles. The standard InChI is InChI=1S/C14H17BrO2/c1-3-10(4-2)13(9-14(16)17)11-5-7-12(15)8-6-11/h5-10H,3-4H2,1-2H3,(H,16,17)/b13-9+. The van der Waals surface area contributed by atoms with Crippen molar-refractivity contribution in [3.05, 3.63) is 40.4 Å². The first-order chi connectivity index (χ1) is 8.08. The summed E-state index contributed by atoms with van der Waals surface area (Å²) in [4.78, 5) is 10.9. The van der Waals surface area contributed by atoms with Crippen LogP contribution in [0.4, 0.5) is 0 Å². The quantitative estimate of drug-likeness (QED) is 0.820. The van der Waals surface area contributed by atoms with Crippen LogP contribution in [0.2, 0.25) is 0 Å². The van der Waals surface area contributed by atoms with E-state index in [1.165, 1.54) is 6.08 Å². The summed E-state index contributed by atoms with van der Waals surface area (Å²) >= 11 is 3.38. The van der Waals surface area contributed by atoms with Gasteiger partial charge < -0.3 is 5.11 Å². The van der Waals surface area contributed by atoms with Gasteiger partial charge in [-0.15, -0.1) is 0 Å². The van der Waals surface area contributed by atoms with Crippen LogP contribution in [0.25, 0.3) is 5.57 Å². The molecule has 17 heavy (non-hydrogen) atoms. The van der Waals surface area contributed by atoms with Crippen molar-refractivity contribution in [3.8, 4) is 0 Å². The Morgan fingerprint density at radius 1 is 1.29 bits per heavy atom. The number of aliphatic carboxylic acids is 1. The smallest absolute Gasteiger partial charge is 0.328 e. The Hall–Kier alpha value is -1.09. The lowest BCUT2D eigenvalue weighted by Gasteiger charge is -2.17. The molecule has 0 heterocycles. The lowest BCUT2D eigenvalue weighted by molar-refractivity contribution is -0.131. The lowest BCUT2D eigenvalue weighted by Crippen LogP contribution is -2.04. The maximum atomic E-state index is 10.9. The van der Waals surface area contributed by atoms with Gasteiger partial charge >= 0.3 is 5.97 Å². The number of halogens is 1. The second-order valence-electron chi connectivity index (χ2n) is 3.96. The van der Waals surface area contributed by atoms with E-state index in [1.54, 1.807) is 0 Å². The molecule has 0 unspecified atom stereocenters. The number of hydrogen-bond acceptors (Lipinski definition) is 1. The van der Waals surface area contributed by atoms with Crippen molar-refractivity contribution >= 4 is 27.5 Å². The minimum absolute atomic E-state index is 0.298. The van der Waals surface area contributed by atoms with Crippen molar-refractivity contribution in [3.63, 3.8) is 0 Å². The van der Waals surface area contributed by atoms with E-state index < -0.39 is 5.97 Å². The number of carboxylic acid groups (broad SMARTS) is 1. The van der Waals surface area contributed by atoms with Crippen molar-refractivity contribution in [1.29, 1.82) is 0 Å². The van der Waals surface area contributed by atoms with Gasteiger partial charge in [0, 0.05) is 10.5 Å². The highest BCUT2D eigenvalue weighted by Crippen LogP contribution is 2.29. The van der Waals surface area contributed by atoms with Gasteiger partial charge in [0.15, 0.2) is 0 Å². The predicted molar refractivity (Wildman–Crippen MR) is 73.8 cm³/mol. The fraction of sp³-hybridized carbons (Fsp3) is 0.357. The van der Waals surface area contributed by atoms with E-state index in [1.807, 2.05) is 24.3 Å². The van der Waals surface area contributed by atoms with Gasteiger partial charge in [-0.1, -0.05) is 41.9 Å². The Bertz CT molecular complexity index is 403. The fourth-order valence-electron chi connectivity index (χ4n) is 1.94. The minimum atomic E-state index is -0.880. The molecule has 1 aromatic carbocycles. The molecular formula is C14H17BrO2. The largest absolute Gasteiger partial charge is 0.478 e. The minimum Gasteiger partial charge on any atom is -0.478 e. The van der Waals surface area contributed by atoms with Crippen LogP contribution in [0.15, 0.2) is 34.8 Å². The summed E-state index contributed by atoms with van der Waals surface area (Å²) in [6.45, 7) is 4.17. The van der Waals surface area contributed by atoms with Crippen molar-refractivity contribution in [2.75, 3.05) is 0 Å². The summed E-state index contributed by atoms with van der Waals surface area (Å²) in [6, 6.07) is 7.79. The molecule has 0 aliphatic rings. The Labute approximate surface area is 110 Å². The number of benzene rings is 1. The summed E-state index contributed by atoms with van der Waals surface area (Å²) in [5.41, 5.74) is 1.90. The Balaban J connectivity index is 3.14. The molecule has 0 spiro atoms. The molecule has 0 radical (unpaired) electrons. The summed E-state index contributed by atoms with van der Waals surface area (Å²) in [6.07, 6.45) is 3.23. The molecule has 0 aliphatic carbocycles. The Kier molecular flexibility index (Phi) is 5.42. The molecule has 0 saturated carbocycles. The number of carbonyl (C=O) groups is 1. The van der Waals surface area contributed by atoms with E-state index in [4.69, 9.17) is 5.11 Å². The zero-order chi connectivity index (χ0) is 12.8. The van der Waals surface area contributed by atoms with Crippen LogP contribution >= 0.6 is 15.9 Å². The molecule has 1 aromatic rings. The first-order valence-electron chi connectivity index (χ1n) is 5.78. The number of hydrogen-bond donors (Lipinski definition) is 1. The number of rotatable bonds is 5. The summed E-state index contributed by atoms with van der Waals surface area (Å²) < 4.78 is 1.00. The Morgan fingerprint density at radius 3 is 2.24 bits per heavy atom. The summed E-state index contributed by atoms with van der Waals surface area (Å²) in [5, 5.41) is 8.95. The van der Waals surface area contributed by atoms with Gasteiger partial charge in [0.2, 0.25) is 0 Å². The lowest BCUT2D eigenvalue weighted by atomic mass is 9.88. The predicted octanol–water partition coefficient (Wildman–Crippen LogP) is 4.35. The van der Waals surface area contributed by atoms with Crippen LogP contribution in [-0.2, 0) is 4.79 Å². The van der Waals surface area contributed by atoms with E-state index in [0.29, 0.717) is 5.92 Å². The Morgan fingerprint density at radius 2 is 1.82 bits per heavy atom. The fourth-order valence-corrected chi connectivity index (χ4v) is 2.21. The van der Waals surface area contributed by atoms with Crippen molar-refractivity contribution in [2.24, 2.45) is 5.92 Å². The molecule has 3 heteroatoms. The second kappa shape index (κ2) is 6.60. The molecule has 0 atom stereocenters. The van der Waals surface area contributed by atoms with Gasteiger partial charge in [-0.05, 0) is 42.0 Å². The summed E-state index contributed by atoms with van der Waals surface area (Å²) in [5.74, 6) is -0.581. The topological polar surface area (TPSA) is 37.3 Å². The first-order valence-corrected chi connectivity index (χ1v) is 6.58.